The zero-order valence-electron chi connectivity index (χ0n) is 5.56. The predicted molar refractivity (Wildman–Crippen MR) is 40.3 cm³/mol. The van der Waals surface area contributed by atoms with Gasteiger partial charge in [-0.3, -0.25) is 0 Å². The van der Waals surface area contributed by atoms with Crippen molar-refractivity contribution in [3.8, 4) is 0 Å². The molecular weight excluding hydrogens is 177 g/mol. The minimum Gasteiger partial charge on any atom is -0.394 e. The SMILES string of the molecule is C=C(N)SC/C=N/C(F)(F)F. The number of alkyl halides is 3. The second-order valence-corrected chi connectivity index (χ2v) is 2.70. The van der Waals surface area contributed by atoms with Crippen molar-refractivity contribution in [2.45, 2.75) is 6.30 Å². The van der Waals surface area contributed by atoms with Crippen molar-refractivity contribution in [2.75, 3.05) is 5.75 Å². The molecule has 11 heavy (non-hydrogen) atoms. The van der Waals surface area contributed by atoms with Crippen LogP contribution in [0.25, 0.3) is 0 Å². The first-order valence-electron chi connectivity index (χ1n) is 2.59. The summed E-state index contributed by atoms with van der Waals surface area (Å²) >= 11 is 1.01. The zero-order valence-corrected chi connectivity index (χ0v) is 6.37. The molecule has 0 aromatic heterocycles. The van der Waals surface area contributed by atoms with E-state index < -0.39 is 6.30 Å². The Hall–Kier alpha value is -0.650. The lowest BCUT2D eigenvalue weighted by Gasteiger charge is -1.96. The predicted octanol–water partition coefficient (Wildman–Crippen LogP) is 1.74. The van der Waals surface area contributed by atoms with E-state index in [0.717, 1.165) is 18.0 Å². The van der Waals surface area contributed by atoms with Gasteiger partial charge in [0.2, 0.25) is 0 Å². The maximum absolute atomic E-state index is 11.3. The molecule has 0 aliphatic heterocycles. The molecular formula is C5H7F3N2S. The van der Waals surface area contributed by atoms with E-state index in [1.165, 1.54) is 0 Å². The highest BCUT2D eigenvalue weighted by Crippen LogP contribution is 2.15. The molecule has 0 aliphatic rings. The standard InChI is InChI=1S/C5H7F3N2S/c1-4(9)11-3-2-10-5(6,7)8/h2H,1,3,9H2/b10-2+. The van der Waals surface area contributed by atoms with Crippen LogP contribution in [0.2, 0.25) is 0 Å². The molecule has 0 bridgehead atoms. The van der Waals surface area contributed by atoms with Gasteiger partial charge in [0.05, 0.1) is 5.03 Å². The normalized spacial score (nSPS) is 12.3. The fourth-order valence-electron chi connectivity index (χ4n) is 0.285. The summed E-state index contributed by atoms with van der Waals surface area (Å²) in [6.07, 6.45) is -3.72. The molecule has 0 radical (unpaired) electrons. The number of thioether (sulfide) groups is 1. The van der Waals surface area contributed by atoms with E-state index in [2.05, 4.69) is 11.6 Å². The first-order chi connectivity index (χ1) is 4.92. The van der Waals surface area contributed by atoms with Gasteiger partial charge in [0.25, 0.3) is 0 Å². The summed E-state index contributed by atoms with van der Waals surface area (Å²) in [5, 5.41) is 0.277. The lowest BCUT2D eigenvalue weighted by atomic mass is 10.8. The second kappa shape index (κ2) is 4.27. The number of hydrogen-bond acceptors (Lipinski definition) is 3. The number of rotatable bonds is 3. The molecule has 0 rings (SSSR count). The summed E-state index contributed by atoms with van der Waals surface area (Å²) in [5.74, 6) is 0.0921. The maximum atomic E-state index is 11.3. The number of aliphatic imine (C=N–C) groups is 1. The van der Waals surface area contributed by atoms with Gasteiger partial charge in [-0.25, -0.2) is 0 Å². The first kappa shape index (κ1) is 10.3. The van der Waals surface area contributed by atoms with Crippen LogP contribution in [-0.2, 0) is 0 Å². The van der Waals surface area contributed by atoms with Gasteiger partial charge in [0.15, 0.2) is 0 Å². The van der Waals surface area contributed by atoms with Crippen LogP contribution in [0.4, 0.5) is 13.2 Å². The van der Waals surface area contributed by atoms with Crippen LogP contribution in [0.1, 0.15) is 0 Å². The van der Waals surface area contributed by atoms with Crippen LogP contribution in [0.5, 0.6) is 0 Å². The van der Waals surface area contributed by atoms with E-state index in [4.69, 9.17) is 5.73 Å². The van der Waals surface area contributed by atoms with E-state index >= 15 is 0 Å². The van der Waals surface area contributed by atoms with Gasteiger partial charge in [-0.1, -0.05) is 6.58 Å². The highest BCUT2D eigenvalue weighted by Gasteiger charge is 2.24. The van der Waals surface area contributed by atoms with Crippen molar-refractivity contribution in [1.29, 1.82) is 0 Å². The van der Waals surface area contributed by atoms with E-state index in [-0.39, 0.29) is 10.8 Å². The van der Waals surface area contributed by atoms with Crippen LogP contribution in [0.15, 0.2) is 16.6 Å². The topological polar surface area (TPSA) is 38.4 Å². The maximum Gasteiger partial charge on any atom is 0.502 e. The van der Waals surface area contributed by atoms with Crippen LogP contribution >= 0.6 is 11.8 Å². The molecule has 0 atom stereocenters. The van der Waals surface area contributed by atoms with Gasteiger partial charge in [-0.05, 0) is 0 Å². The molecule has 64 valence electrons. The average Bonchev–Trinajstić information content (AvgIpc) is 1.78. The molecule has 0 heterocycles. The van der Waals surface area contributed by atoms with Gasteiger partial charge in [-0.2, -0.15) is 4.99 Å². The molecule has 0 fully saturated rings. The van der Waals surface area contributed by atoms with E-state index in [9.17, 15) is 13.2 Å². The van der Waals surface area contributed by atoms with Gasteiger partial charge in [0, 0.05) is 12.0 Å². The Morgan fingerprint density at radius 1 is 1.64 bits per heavy atom. The van der Waals surface area contributed by atoms with Gasteiger partial charge < -0.3 is 5.73 Å². The molecule has 0 unspecified atom stereocenters. The second-order valence-electron chi connectivity index (χ2n) is 1.56. The van der Waals surface area contributed by atoms with Crippen LogP contribution < -0.4 is 5.73 Å². The van der Waals surface area contributed by atoms with Gasteiger partial charge in [0.1, 0.15) is 0 Å². The average molecular weight is 184 g/mol. The minimum absolute atomic E-state index is 0.0921. The summed E-state index contributed by atoms with van der Waals surface area (Å²) < 4.78 is 34.0. The molecule has 0 saturated heterocycles. The Balaban J connectivity index is 3.54. The lowest BCUT2D eigenvalue weighted by Crippen LogP contribution is -2.03. The third kappa shape index (κ3) is 9.35. The lowest BCUT2D eigenvalue weighted by molar-refractivity contribution is -0.119. The van der Waals surface area contributed by atoms with E-state index in [1.54, 1.807) is 0 Å². The van der Waals surface area contributed by atoms with Crippen LogP contribution in [0, 0.1) is 0 Å². The Bertz CT molecular complexity index is 164. The number of nitrogens with two attached hydrogens (primary N) is 1. The molecule has 0 spiro atoms. The largest absolute Gasteiger partial charge is 0.502 e. The van der Waals surface area contributed by atoms with Crippen molar-refractivity contribution in [1.82, 2.24) is 0 Å². The molecule has 6 heteroatoms. The minimum atomic E-state index is -4.48. The molecule has 2 N–H and O–H groups in total. The Labute approximate surface area is 66.4 Å². The molecule has 0 aliphatic carbocycles. The Morgan fingerprint density at radius 2 is 2.18 bits per heavy atom. The van der Waals surface area contributed by atoms with E-state index in [1.807, 2.05) is 0 Å². The molecule has 2 nitrogen and oxygen atoms in total. The monoisotopic (exact) mass is 184 g/mol. The van der Waals surface area contributed by atoms with Gasteiger partial charge >= 0.3 is 6.30 Å². The third-order valence-corrected chi connectivity index (χ3v) is 1.27. The molecule has 0 amide bonds. The summed E-state index contributed by atoms with van der Waals surface area (Å²) in [7, 11) is 0. The van der Waals surface area contributed by atoms with Crippen molar-refractivity contribution in [3.63, 3.8) is 0 Å². The summed E-state index contributed by atoms with van der Waals surface area (Å²) in [6.45, 7) is 3.29. The highest BCUT2D eigenvalue weighted by atomic mass is 32.2. The first-order valence-corrected chi connectivity index (χ1v) is 3.58. The Morgan fingerprint density at radius 3 is 2.55 bits per heavy atom. The smallest absolute Gasteiger partial charge is 0.394 e. The van der Waals surface area contributed by atoms with Crippen LogP contribution in [0.3, 0.4) is 0 Å². The number of halogens is 3. The van der Waals surface area contributed by atoms with Gasteiger partial charge in [-0.15, -0.1) is 24.9 Å². The van der Waals surface area contributed by atoms with Crippen LogP contribution in [-0.4, -0.2) is 18.3 Å². The molecule has 0 saturated carbocycles. The van der Waals surface area contributed by atoms with Crippen molar-refractivity contribution >= 4 is 18.0 Å². The Kier molecular flexibility index (Phi) is 4.02. The van der Waals surface area contributed by atoms with E-state index in [0.29, 0.717) is 0 Å². The molecule has 0 aromatic rings. The fourth-order valence-corrected chi connectivity index (χ4v) is 0.648. The fraction of sp³-hybridized carbons (Fsp3) is 0.400. The number of nitrogens with zero attached hydrogens (tertiary/aromatic N) is 1. The quantitative estimate of drug-likeness (QED) is 0.536. The number of hydrogen-bond donors (Lipinski definition) is 1. The summed E-state index contributed by atoms with van der Waals surface area (Å²) in [5.41, 5.74) is 5.07. The van der Waals surface area contributed by atoms with Crippen molar-refractivity contribution in [3.05, 3.63) is 11.6 Å². The van der Waals surface area contributed by atoms with Crippen molar-refractivity contribution < 1.29 is 13.2 Å². The summed E-state index contributed by atoms with van der Waals surface area (Å²) in [4.78, 5) is 2.29. The third-order valence-electron chi connectivity index (χ3n) is 0.581. The summed E-state index contributed by atoms with van der Waals surface area (Å²) in [6, 6.07) is 0. The highest BCUT2D eigenvalue weighted by molar-refractivity contribution is 8.03. The van der Waals surface area contributed by atoms with Crippen molar-refractivity contribution in [2.24, 2.45) is 10.7 Å². The molecule has 0 aromatic carbocycles. The zero-order chi connectivity index (χ0) is 8.91.